The number of halogens is 2. The van der Waals surface area contributed by atoms with Crippen molar-refractivity contribution in [3.63, 3.8) is 0 Å². The number of carbonyl (C=O) groups is 2. The van der Waals surface area contributed by atoms with E-state index in [4.69, 9.17) is 11.6 Å². The second kappa shape index (κ2) is 7.31. The SMILES string of the molecule is CCc1ccc(-c2ccc(Cl)c(F)c2)cc1C1C(=O)C(C)(C)SC(C)(C)C1=O. The molecule has 1 saturated heterocycles. The largest absolute Gasteiger partial charge is 0.297 e. The van der Waals surface area contributed by atoms with Gasteiger partial charge in [-0.15, -0.1) is 11.8 Å². The molecule has 2 aromatic carbocycles. The Hall–Kier alpha value is -1.65. The first-order valence-corrected chi connectivity index (χ1v) is 10.5. The Morgan fingerprint density at radius 3 is 2.04 bits per heavy atom. The van der Waals surface area contributed by atoms with Crippen LogP contribution in [-0.4, -0.2) is 21.1 Å². The van der Waals surface area contributed by atoms with Gasteiger partial charge in [-0.25, -0.2) is 4.39 Å². The van der Waals surface area contributed by atoms with E-state index in [1.807, 2.05) is 52.8 Å². The fraction of sp³-hybridized carbons (Fsp3) is 0.391. The quantitative estimate of drug-likeness (QED) is 0.553. The molecular weight excluding hydrogens is 395 g/mol. The summed E-state index contributed by atoms with van der Waals surface area (Å²) >= 11 is 7.22. The number of hydrogen-bond donors (Lipinski definition) is 0. The van der Waals surface area contributed by atoms with E-state index >= 15 is 0 Å². The van der Waals surface area contributed by atoms with E-state index in [1.165, 1.54) is 23.9 Å². The molecule has 1 heterocycles. The highest BCUT2D eigenvalue weighted by Crippen LogP contribution is 2.49. The van der Waals surface area contributed by atoms with E-state index in [0.29, 0.717) is 12.0 Å². The maximum absolute atomic E-state index is 14.0. The summed E-state index contributed by atoms with van der Waals surface area (Å²) in [4.78, 5) is 26.5. The molecule has 1 fully saturated rings. The smallest absolute Gasteiger partial charge is 0.163 e. The van der Waals surface area contributed by atoms with Crippen LogP contribution in [-0.2, 0) is 16.0 Å². The summed E-state index contributed by atoms with van der Waals surface area (Å²) in [5.74, 6) is -1.45. The third kappa shape index (κ3) is 3.65. The molecule has 28 heavy (non-hydrogen) atoms. The van der Waals surface area contributed by atoms with Crippen molar-refractivity contribution < 1.29 is 14.0 Å². The van der Waals surface area contributed by atoms with Crippen LogP contribution < -0.4 is 0 Å². The van der Waals surface area contributed by atoms with E-state index in [1.54, 1.807) is 6.07 Å². The highest BCUT2D eigenvalue weighted by Gasteiger charge is 2.52. The second-order valence-corrected chi connectivity index (χ2v) is 10.8. The lowest BCUT2D eigenvalue weighted by molar-refractivity contribution is -0.132. The predicted molar refractivity (Wildman–Crippen MR) is 115 cm³/mol. The molecule has 0 radical (unpaired) electrons. The van der Waals surface area contributed by atoms with Gasteiger partial charge in [0.1, 0.15) is 11.7 Å². The third-order valence-electron chi connectivity index (χ3n) is 5.31. The zero-order valence-corrected chi connectivity index (χ0v) is 18.3. The summed E-state index contributed by atoms with van der Waals surface area (Å²) in [6.45, 7) is 9.52. The fourth-order valence-corrected chi connectivity index (χ4v) is 5.71. The van der Waals surface area contributed by atoms with Crippen LogP contribution in [0.1, 0.15) is 51.7 Å². The number of carbonyl (C=O) groups excluding carboxylic acids is 2. The Bertz CT molecular complexity index is 939. The number of rotatable bonds is 3. The molecule has 0 spiro atoms. The van der Waals surface area contributed by atoms with Crippen LogP contribution in [0.4, 0.5) is 4.39 Å². The third-order valence-corrected chi connectivity index (χ3v) is 7.04. The fourth-order valence-electron chi connectivity index (χ4n) is 3.88. The number of aryl methyl sites for hydroxylation is 1. The molecule has 0 amide bonds. The molecule has 0 bridgehead atoms. The lowest BCUT2D eigenvalue weighted by Crippen LogP contribution is -2.51. The molecule has 2 aromatic rings. The molecule has 2 nitrogen and oxygen atoms in total. The van der Waals surface area contributed by atoms with Crippen LogP contribution in [0.3, 0.4) is 0 Å². The lowest BCUT2D eigenvalue weighted by Gasteiger charge is -2.42. The van der Waals surface area contributed by atoms with Crippen molar-refractivity contribution in [2.45, 2.75) is 56.5 Å². The van der Waals surface area contributed by atoms with E-state index in [2.05, 4.69) is 0 Å². The Morgan fingerprint density at radius 1 is 0.964 bits per heavy atom. The topological polar surface area (TPSA) is 34.1 Å². The van der Waals surface area contributed by atoms with E-state index < -0.39 is 21.2 Å². The van der Waals surface area contributed by atoms with E-state index in [-0.39, 0.29) is 16.6 Å². The zero-order chi connectivity index (χ0) is 20.9. The van der Waals surface area contributed by atoms with Crippen LogP contribution in [0.15, 0.2) is 36.4 Å². The molecule has 1 aliphatic heterocycles. The summed E-state index contributed by atoms with van der Waals surface area (Å²) in [5.41, 5.74) is 3.11. The first-order valence-electron chi connectivity index (χ1n) is 9.35. The molecule has 3 rings (SSSR count). The van der Waals surface area contributed by atoms with Gasteiger partial charge in [0.05, 0.1) is 14.5 Å². The lowest BCUT2D eigenvalue weighted by atomic mass is 9.77. The van der Waals surface area contributed by atoms with Crippen LogP contribution in [0.25, 0.3) is 11.1 Å². The zero-order valence-electron chi connectivity index (χ0n) is 16.7. The van der Waals surface area contributed by atoms with E-state index in [9.17, 15) is 14.0 Å². The van der Waals surface area contributed by atoms with Crippen molar-refractivity contribution >= 4 is 34.9 Å². The van der Waals surface area contributed by atoms with Crippen LogP contribution in [0.2, 0.25) is 5.02 Å². The maximum atomic E-state index is 14.0. The molecule has 0 aliphatic carbocycles. The normalized spacial score (nSPS) is 19.1. The summed E-state index contributed by atoms with van der Waals surface area (Å²) in [5, 5.41) is 0.0623. The highest BCUT2D eigenvalue weighted by atomic mass is 35.5. The second-order valence-electron chi connectivity index (χ2n) is 8.18. The summed E-state index contributed by atoms with van der Waals surface area (Å²) in [6.07, 6.45) is 0.704. The Kier molecular flexibility index (Phi) is 5.50. The van der Waals surface area contributed by atoms with Gasteiger partial charge in [0, 0.05) is 0 Å². The average molecular weight is 419 g/mol. The van der Waals surface area contributed by atoms with Crippen molar-refractivity contribution in [1.82, 2.24) is 0 Å². The molecule has 0 unspecified atom stereocenters. The van der Waals surface area contributed by atoms with Crippen LogP contribution in [0.5, 0.6) is 0 Å². The van der Waals surface area contributed by atoms with Crippen molar-refractivity contribution in [1.29, 1.82) is 0 Å². The van der Waals surface area contributed by atoms with Gasteiger partial charge >= 0.3 is 0 Å². The number of benzene rings is 2. The van der Waals surface area contributed by atoms with Crippen molar-refractivity contribution in [3.05, 3.63) is 58.4 Å². The van der Waals surface area contributed by atoms with Gasteiger partial charge in [0.25, 0.3) is 0 Å². The van der Waals surface area contributed by atoms with Crippen molar-refractivity contribution in [2.75, 3.05) is 0 Å². The summed E-state index contributed by atoms with van der Waals surface area (Å²) in [7, 11) is 0. The van der Waals surface area contributed by atoms with Gasteiger partial charge in [-0.05, 0) is 74.6 Å². The number of ketones is 2. The average Bonchev–Trinajstić information content (AvgIpc) is 2.62. The minimum absolute atomic E-state index is 0.0623. The predicted octanol–water partition coefficient (Wildman–Crippen LogP) is 6.23. The molecule has 0 atom stereocenters. The van der Waals surface area contributed by atoms with Gasteiger partial charge in [-0.1, -0.05) is 36.7 Å². The summed E-state index contributed by atoms with van der Waals surface area (Å²) in [6, 6.07) is 10.3. The molecule has 0 aromatic heterocycles. The molecule has 1 aliphatic rings. The minimum Gasteiger partial charge on any atom is -0.297 e. The van der Waals surface area contributed by atoms with Crippen molar-refractivity contribution in [2.24, 2.45) is 0 Å². The maximum Gasteiger partial charge on any atom is 0.163 e. The highest BCUT2D eigenvalue weighted by molar-refractivity contribution is 8.03. The van der Waals surface area contributed by atoms with Crippen molar-refractivity contribution in [3.8, 4) is 11.1 Å². The first kappa shape index (κ1) is 21.1. The Morgan fingerprint density at radius 2 is 1.50 bits per heavy atom. The first-order chi connectivity index (χ1) is 13.0. The molecule has 5 heteroatoms. The van der Waals surface area contributed by atoms with Gasteiger partial charge in [0.15, 0.2) is 11.6 Å². The standard InChI is InChI=1S/C23H24ClFO2S/c1-6-13-7-8-14(15-9-10-17(24)18(25)12-15)11-16(13)19-20(26)22(2,3)28-23(4,5)21(19)27/h7-12,19H,6H2,1-5H3. The van der Waals surface area contributed by atoms with Crippen LogP contribution >= 0.6 is 23.4 Å². The Labute approximate surface area is 174 Å². The van der Waals surface area contributed by atoms with Gasteiger partial charge in [0.2, 0.25) is 0 Å². The minimum atomic E-state index is -0.807. The van der Waals surface area contributed by atoms with Gasteiger partial charge < -0.3 is 0 Å². The monoisotopic (exact) mass is 418 g/mol. The van der Waals surface area contributed by atoms with Gasteiger partial charge in [-0.2, -0.15) is 0 Å². The van der Waals surface area contributed by atoms with E-state index in [0.717, 1.165) is 16.7 Å². The molecule has 148 valence electrons. The summed E-state index contributed by atoms with van der Waals surface area (Å²) < 4.78 is 12.6. The Balaban J connectivity index is 2.18. The molecule has 0 N–H and O–H groups in total. The van der Waals surface area contributed by atoms with Gasteiger partial charge in [-0.3, -0.25) is 9.59 Å². The molecule has 0 saturated carbocycles. The number of Topliss-reactive ketones (excluding diaryl/α,β-unsaturated/α-hetero) is 2. The van der Waals surface area contributed by atoms with Crippen LogP contribution in [0, 0.1) is 5.82 Å². The number of thioether (sulfide) groups is 1. The molecular formula is C23H24ClFO2S. The number of hydrogen-bond acceptors (Lipinski definition) is 3.